The van der Waals surface area contributed by atoms with Gasteiger partial charge in [-0.15, -0.1) is 0 Å². The molecule has 2 unspecified atom stereocenters. The minimum absolute atomic E-state index is 0.764. The van der Waals surface area contributed by atoms with Crippen LogP contribution in [0.25, 0.3) is 0 Å². The number of hydrazine groups is 1. The van der Waals surface area contributed by atoms with Crippen LogP contribution in [-0.2, 0) is 0 Å². The molecule has 2 fully saturated rings. The van der Waals surface area contributed by atoms with Crippen LogP contribution in [-0.4, -0.2) is 55.0 Å². The number of aliphatic imine (C=N–C) groups is 1. The highest BCUT2D eigenvalue weighted by atomic mass is 15.4. The smallest absolute Gasteiger partial charge is 0.208 e. The number of nitrogens with one attached hydrogen (secondary N) is 1. The van der Waals surface area contributed by atoms with Gasteiger partial charge in [0.05, 0.1) is 0 Å². The molecule has 2 aliphatic heterocycles. The van der Waals surface area contributed by atoms with Gasteiger partial charge in [0.15, 0.2) is 0 Å². The minimum atomic E-state index is 0.764. The lowest BCUT2D eigenvalue weighted by molar-refractivity contribution is 0.0620. The van der Waals surface area contributed by atoms with E-state index in [9.17, 15) is 0 Å². The van der Waals surface area contributed by atoms with Crippen molar-refractivity contribution in [3.63, 3.8) is 0 Å². The van der Waals surface area contributed by atoms with E-state index < -0.39 is 0 Å². The van der Waals surface area contributed by atoms with Gasteiger partial charge in [-0.3, -0.25) is 10.4 Å². The zero-order valence-corrected chi connectivity index (χ0v) is 11.0. The number of guanidine groups is 1. The van der Waals surface area contributed by atoms with Crippen LogP contribution in [0.5, 0.6) is 0 Å². The Hall–Kier alpha value is -0.810. The van der Waals surface area contributed by atoms with Crippen LogP contribution in [0.2, 0.25) is 0 Å². The number of rotatable bonds is 1. The van der Waals surface area contributed by atoms with Gasteiger partial charge in [-0.1, -0.05) is 0 Å². The van der Waals surface area contributed by atoms with Gasteiger partial charge in [0.25, 0.3) is 0 Å². The minimum Gasteiger partial charge on any atom is -0.342 e. The van der Waals surface area contributed by atoms with Gasteiger partial charge >= 0.3 is 0 Å². The summed E-state index contributed by atoms with van der Waals surface area (Å²) in [5.41, 5.74) is 2.74. The molecule has 2 atom stereocenters. The van der Waals surface area contributed by atoms with Gasteiger partial charge in [-0.05, 0) is 45.7 Å². The summed E-state index contributed by atoms with van der Waals surface area (Å²) in [6.07, 6.45) is 3.89. The van der Waals surface area contributed by atoms with E-state index in [0.29, 0.717) is 0 Å². The molecule has 17 heavy (non-hydrogen) atoms. The molecule has 3 N–H and O–H groups in total. The third-order valence-electron chi connectivity index (χ3n) is 4.08. The Morgan fingerprint density at radius 3 is 2.94 bits per heavy atom. The van der Waals surface area contributed by atoms with Crippen LogP contribution in [0.4, 0.5) is 0 Å². The standard InChI is InChI=1S/C12H25N5/c1-3-14-12(15-13)17-8-6-11-10(9-17)5-4-7-16(11)2/h10-11H,3-9,13H2,1-2H3,(H,14,15). The molecule has 0 aromatic heterocycles. The molecular formula is C12H25N5. The lowest BCUT2D eigenvalue weighted by Crippen LogP contribution is -2.56. The maximum Gasteiger partial charge on any atom is 0.208 e. The van der Waals surface area contributed by atoms with Crippen molar-refractivity contribution in [1.82, 2.24) is 15.2 Å². The van der Waals surface area contributed by atoms with Gasteiger partial charge in [-0.2, -0.15) is 0 Å². The molecule has 0 aromatic carbocycles. The monoisotopic (exact) mass is 239 g/mol. The van der Waals surface area contributed by atoms with Crippen LogP contribution < -0.4 is 11.3 Å². The highest BCUT2D eigenvalue weighted by molar-refractivity contribution is 5.79. The van der Waals surface area contributed by atoms with E-state index in [2.05, 4.69) is 27.3 Å². The zero-order chi connectivity index (χ0) is 12.3. The summed E-state index contributed by atoms with van der Waals surface area (Å²) in [7, 11) is 2.26. The maximum atomic E-state index is 5.55. The highest BCUT2D eigenvalue weighted by Gasteiger charge is 2.34. The Kier molecular flexibility index (Phi) is 4.23. The molecule has 2 rings (SSSR count). The molecule has 5 nitrogen and oxygen atoms in total. The largest absolute Gasteiger partial charge is 0.342 e. The summed E-state index contributed by atoms with van der Waals surface area (Å²) >= 11 is 0. The van der Waals surface area contributed by atoms with Crippen molar-refractivity contribution in [3.05, 3.63) is 0 Å². The average Bonchev–Trinajstić information content (AvgIpc) is 2.36. The maximum absolute atomic E-state index is 5.55. The molecule has 2 aliphatic rings. The van der Waals surface area contributed by atoms with Crippen molar-refractivity contribution < 1.29 is 0 Å². The third-order valence-corrected chi connectivity index (χ3v) is 4.08. The van der Waals surface area contributed by atoms with Gasteiger partial charge in [0, 0.05) is 25.7 Å². The molecule has 98 valence electrons. The van der Waals surface area contributed by atoms with E-state index in [1.165, 1.54) is 25.8 Å². The predicted octanol–water partition coefficient (Wildman–Crippen LogP) is 0.242. The van der Waals surface area contributed by atoms with Crippen molar-refractivity contribution >= 4 is 5.96 Å². The molecule has 0 bridgehead atoms. The Bertz CT molecular complexity index is 278. The molecular weight excluding hydrogens is 214 g/mol. The van der Waals surface area contributed by atoms with E-state index in [1.54, 1.807) is 0 Å². The Morgan fingerprint density at radius 1 is 1.41 bits per heavy atom. The second-order valence-electron chi connectivity index (χ2n) is 5.13. The van der Waals surface area contributed by atoms with Crippen LogP contribution in [0.1, 0.15) is 26.2 Å². The second-order valence-corrected chi connectivity index (χ2v) is 5.13. The van der Waals surface area contributed by atoms with Crippen molar-refractivity contribution in [2.45, 2.75) is 32.2 Å². The summed E-state index contributed by atoms with van der Waals surface area (Å²) in [5.74, 6) is 7.19. The van der Waals surface area contributed by atoms with E-state index in [4.69, 9.17) is 5.84 Å². The molecule has 2 saturated heterocycles. The van der Waals surface area contributed by atoms with Crippen LogP contribution >= 0.6 is 0 Å². The van der Waals surface area contributed by atoms with Crippen molar-refractivity contribution in [2.75, 3.05) is 33.2 Å². The zero-order valence-electron chi connectivity index (χ0n) is 11.0. The van der Waals surface area contributed by atoms with Gasteiger partial charge in [-0.25, -0.2) is 5.84 Å². The Morgan fingerprint density at radius 2 is 2.24 bits per heavy atom. The first kappa shape index (κ1) is 12.6. The normalized spacial score (nSPS) is 31.2. The molecule has 0 saturated carbocycles. The molecule has 0 radical (unpaired) electrons. The van der Waals surface area contributed by atoms with Gasteiger partial charge in [0.1, 0.15) is 0 Å². The van der Waals surface area contributed by atoms with Gasteiger partial charge in [0.2, 0.25) is 5.96 Å². The second kappa shape index (κ2) is 5.69. The molecule has 0 spiro atoms. The number of hydrogen-bond donors (Lipinski definition) is 2. The average molecular weight is 239 g/mol. The third kappa shape index (κ3) is 2.72. The fraction of sp³-hybridized carbons (Fsp3) is 0.917. The van der Waals surface area contributed by atoms with E-state index in [-0.39, 0.29) is 0 Å². The topological polar surface area (TPSA) is 56.9 Å². The molecule has 0 aliphatic carbocycles. The van der Waals surface area contributed by atoms with Crippen LogP contribution in [0.15, 0.2) is 4.99 Å². The molecule has 2 heterocycles. The summed E-state index contributed by atoms with van der Waals surface area (Å²) in [4.78, 5) is 9.25. The Balaban J connectivity index is 1.99. The molecule has 0 amide bonds. The number of piperidine rings is 2. The first-order chi connectivity index (χ1) is 8.26. The van der Waals surface area contributed by atoms with Crippen LogP contribution in [0, 0.1) is 5.92 Å². The number of nitrogens with zero attached hydrogens (tertiary/aromatic N) is 3. The molecule has 5 heteroatoms. The quantitative estimate of drug-likeness (QED) is 0.298. The Labute approximate surface area is 104 Å². The van der Waals surface area contributed by atoms with E-state index in [0.717, 1.165) is 37.6 Å². The number of hydrogen-bond acceptors (Lipinski definition) is 3. The summed E-state index contributed by atoms with van der Waals surface area (Å²) in [6.45, 7) is 6.24. The van der Waals surface area contributed by atoms with Crippen molar-refractivity contribution in [1.29, 1.82) is 0 Å². The fourth-order valence-corrected chi connectivity index (χ4v) is 3.23. The summed E-state index contributed by atoms with van der Waals surface area (Å²) < 4.78 is 0. The lowest BCUT2D eigenvalue weighted by Gasteiger charge is -2.46. The van der Waals surface area contributed by atoms with E-state index in [1.807, 2.05) is 6.92 Å². The summed E-state index contributed by atoms with van der Waals surface area (Å²) in [5, 5.41) is 0. The first-order valence-electron chi connectivity index (χ1n) is 6.72. The summed E-state index contributed by atoms with van der Waals surface area (Å²) in [6, 6.07) is 0.764. The number of fused-ring (bicyclic) bond motifs is 1. The molecule has 0 aromatic rings. The first-order valence-corrected chi connectivity index (χ1v) is 6.72. The fourth-order valence-electron chi connectivity index (χ4n) is 3.23. The van der Waals surface area contributed by atoms with Gasteiger partial charge < -0.3 is 9.80 Å². The predicted molar refractivity (Wildman–Crippen MR) is 70.6 cm³/mol. The van der Waals surface area contributed by atoms with Crippen LogP contribution in [0.3, 0.4) is 0 Å². The number of nitrogens with two attached hydrogens (primary N) is 1. The van der Waals surface area contributed by atoms with Crippen molar-refractivity contribution in [2.24, 2.45) is 16.8 Å². The SMILES string of the molecule is CCN=C(NN)N1CCC2C(CCCN2C)C1. The van der Waals surface area contributed by atoms with E-state index >= 15 is 0 Å². The van der Waals surface area contributed by atoms with Crippen molar-refractivity contribution in [3.8, 4) is 0 Å². The lowest BCUT2D eigenvalue weighted by atomic mass is 9.84. The highest BCUT2D eigenvalue weighted by Crippen LogP contribution is 2.29. The number of likely N-dealkylation sites (tertiary alicyclic amines) is 2.